The molecule has 0 aromatic rings. The average Bonchev–Trinajstić information content (AvgIpc) is 2.17. The van der Waals surface area contributed by atoms with E-state index >= 15 is 0 Å². The molecule has 1 heterocycles. The minimum absolute atomic E-state index is 1.22. The summed E-state index contributed by atoms with van der Waals surface area (Å²) < 4.78 is 0. The molecule has 0 bridgehead atoms. The maximum absolute atomic E-state index is 2.60. The molecule has 0 radical (unpaired) electrons. The number of nitrogens with zero attached hydrogens (tertiary/aromatic N) is 1. The minimum atomic E-state index is 1.22. The van der Waals surface area contributed by atoms with Crippen LogP contribution < -0.4 is 0 Å². The molecule has 1 nitrogen and oxygen atoms in total. The fourth-order valence-corrected chi connectivity index (χ4v) is 2.57. The lowest BCUT2D eigenvalue weighted by molar-refractivity contribution is 0.302. The highest BCUT2D eigenvalue weighted by Gasteiger charge is 2.20. The Bertz CT molecular complexity index is 189. The zero-order valence-electron chi connectivity index (χ0n) is 8.10. The van der Waals surface area contributed by atoms with Crippen molar-refractivity contribution < 1.29 is 0 Å². The Morgan fingerprint density at radius 1 is 1.08 bits per heavy atom. The molecule has 1 aliphatic heterocycles. The van der Waals surface area contributed by atoms with Gasteiger partial charge in [-0.25, -0.2) is 0 Å². The molecule has 1 aliphatic carbocycles. The summed E-state index contributed by atoms with van der Waals surface area (Å²) in [5.74, 6) is 0. The lowest BCUT2D eigenvalue weighted by Gasteiger charge is -2.35. The van der Waals surface area contributed by atoms with Gasteiger partial charge in [-0.15, -0.1) is 0 Å². The van der Waals surface area contributed by atoms with Gasteiger partial charge >= 0.3 is 0 Å². The highest BCUT2D eigenvalue weighted by molar-refractivity contribution is 5.18. The van der Waals surface area contributed by atoms with E-state index in [2.05, 4.69) is 11.8 Å². The molecule has 0 spiro atoms. The molecule has 0 atom stereocenters. The normalized spacial score (nSPS) is 24.2. The van der Waals surface area contributed by atoms with Crippen LogP contribution in [0.2, 0.25) is 0 Å². The van der Waals surface area contributed by atoms with Gasteiger partial charge < -0.3 is 4.90 Å². The number of rotatable bonds is 1. The largest absolute Gasteiger partial charge is 0.375 e. The van der Waals surface area contributed by atoms with Crippen molar-refractivity contribution in [3.05, 3.63) is 11.3 Å². The van der Waals surface area contributed by atoms with Gasteiger partial charge in [-0.2, -0.15) is 0 Å². The van der Waals surface area contributed by atoms with Crippen LogP contribution in [-0.2, 0) is 0 Å². The summed E-state index contributed by atoms with van der Waals surface area (Å²) in [5, 5.41) is 0. The van der Waals surface area contributed by atoms with Crippen molar-refractivity contribution in [3.8, 4) is 0 Å². The summed E-state index contributed by atoms with van der Waals surface area (Å²) in [6, 6.07) is 0. The molecule has 0 amide bonds. The van der Waals surface area contributed by atoms with Gasteiger partial charge in [-0.1, -0.05) is 5.57 Å². The highest BCUT2D eigenvalue weighted by atomic mass is 15.1. The summed E-state index contributed by atoms with van der Waals surface area (Å²) in [6.45, 7) is 4.82. The molecule has 2 rings (SSSR count). The van der Waals surface area contributed by atoms with Gasteiger partial charge in [-0.05, 0) is 45.4 Å². The van der Waals surface area contributed by atoms with Gasteiger partial charge in [-0.3, -0.25) is 0 Å². The summed E-state index contributed by atoms with van der Waals surface area (Å²) in [4.78, 5) is 2.60. The third kappa shape index (κ3) is 1.37. The third-order valence-corrected chi connectivity index (χ3v) is 3.22. The summed E-state index contributed by atoms with van der Waals surface area (Å²) in [5.41, 5.74) is 3.50. The van der Waals surface area contributed by atoms with Crippen LogP contribution in [0.25, 0.3) is 0 Å². The average molecular weight is 165 g/mol. The fourth-order valence-electron chi connectivity index (χ4n) is 2.57. The van der Waals surface area contributed by atoms with Crippen LogP contribution in [0.1, 0.15) is 45.4 Å². The first kappa shape index (κ1) is 8.15. The van der Waals surface area contributed by atoms with E-state index in [4.69, 9.17) is 0 Å². The van der Waals surface area contributed by atoms with Crippen molar-refractivity contribution in [2.45, 2.75) is 45.4 Å². The topological polar surface area (TPSA) is 3.24 Å². The van der Waals surface area contributed by atoms with Crippen LogP contribution in [0, 0.1) is 0 Å². The van der Waals surface area contributed by atoms with Crippen molar-refractivity contribution in [1.29, 1.82) is 0 Å². The SMILES string of the molecule is CCN1CCCC2=C1CCCC2. The third-order valence-electron chi connectivity index (χ3n) is 3.22. The van der Waals surface area contributed by atoms with E-state index in [1.807, 2.05) is 0 Å². The Hall–Kier alpha value is -0.460. The van der Waals surface area contributed by atoms with Gasteiger partial charge in [0.05, 0.1) is 0 Å². The van der Waals surface area contributed by atoms with E-state index in [0.29, 0.717) is 0 Å². The minimum Gasteiger partial charge on any atom is -0.375 e. The van der Waals surface area contributed by atoms with Crippen LogP contribution in [0.5, 0.6) is 0 Å². The Morgan fingerprint density at radius 3 is 2.67 bits per heavy atom. The molecule has 0 N–H and O–H groups in total. The summed E-state index contributed by atoms with van der Waals surface area (Å²) in [7, 11) is 0. The second-order valence-electron chi connectivity index (χ2n) is 3.94. The molecular formula is C11H19N. The van der Waals surface area contributed by atoms with Crippen LogP contribution in [0.3, 0.4) is 0 Å². The second-order valence-corrected chi connectivity index (χ2v) is 3.94. The van der Waals surface area contributed by atoms with Crippen LogP contribution >= 0.6 is 0 Å². The highest BCUT2D eigenvalue weighted by Crippen LogP contribution is 2.33. The smallest absolute Gasteiger partial charge is 0.0177 e. The first-order valence-corrected chi connectivity index (χ1v) is 5.37. The predicted octanol–water partition coefficient (Wildman–Crippen LogP) is 2.93. The molecule has 0 aromatic carbocycles. The first-order chi connectivity index (χ1) is 5.92. The molecule has 0 saturated heterocycles. The van der Waals surface area contributed by atoms with Crippen molar-refractivity contribution in [2.75, 3.05) is 13.1 Å². The monoisotopic (exact) mass is 165 g/mol. The van der Waals surface area contributed by atoms with Gasteiger partial charge in [0.1, 0.15) is 0 Å². The second kappa shape index (κ2) is 3.51. The Labute approximate surface area is 75.4 Å². The number of allylic oxidation sites excluding steroid dienone is 2. The van der Waals surface area contributed by atoms with Crippen molar-refractivity contribution >= 4 is 0 Å². The zero-order chi connectivity index (χ0) is 8.39. The standard InChI is InChI=1S/C11H19N/c1-2-12-9-5-7-10-6-3-4-8-11(10)12/h2-9H2,1H3. The lowest BCUT2D eigenvalue weighted by atomic mass is 9.89. The molecule has 1 heteroatoms. The Kier molecular flexibility index (Phi) is 2.38. The fraction of sp³-hybridized carbons (Fsp3) is 0.818. The van der Waals surface area contributed by atoms with E-state index in [0.717, 1.165) is 0 Å². The first-order valence-electron chi connectivity index (χ1n) is 5.37. The molecule has 2 aliphatic rings. The number of hydrogen-bond donors (Lipinski definition) is 0. The van der Waals surface area contributed by atoms with Crippen molar-refractivity contribution in [1.82, 2.24) is 4.90 Å². The van der Waals surface area contributed by atoms with Crippen LogP contribution in [-0.4, -0.2) is 18.0 Å². The molecule has 0 saturated carbocycles. The molecular weight excluding hydrogens is 146 g/mol. The Morgan fingerprint density at radius 2 is 1.83 bits per heavy atom. The van der Waals surface area contributed by atoms with Gasteiger partial charge in [0.15, 0.2) is 0 Å². The van der Waals surface area contributed by atoms with Gasteiger partial charge in [0, 0.05) is 18.8 Å². The molecule has 12 heavy (non-hydrogen) atoms. The van der Waals surface area contributed by atoms with Gasteiger partial charge in [0.2, 0.25) is 0 Å². The van der Waals surface area contributed by atoms with E-state index in [-0.39, 0.29) is 0 Å². The van der Waals surface area contributed by atoms with Crippen molar-refractivity contribution in [3.63, 3.8) is 0 Å². The maximum atomic E-state index is 2.60. The summed E-state index contributed by atoms with van der Waals surface area (Å²) in [6.07, 6.45) is 8.42. The predicted molar refractivity (Wildman–Crippen MR) is 52.0 cm³/mol. The van der Waals surface area contributed by atoms with E-state index in [1.165, 1.54) is 51.6 Å². The molecule has 0 unspecified atom stereocenters. The maximum Gasteiger partial charge on any atom is 0.0177 e. The Balaban J connectivity index is 2.18. The van der Waals surface area contributed by atoms with Crippen LogP contribution in [0.15, 0.2) is 11.3 Å². The van der Waals surface area contributed by atoms with E-state index < -0.39 is 0 Å². The van der Waals surface area contributed by atoms with E-state index in [1.54, 1.807) is 11.3 Å². The molecule has 0 aromatic heterocycles. The van der Waals surface area contributed by atoms with Crippen LogP contribution in [0.4, 0.5) is 0 Å². The molecule has 0 fully saturated rings. The zero-order valence-corrected chi connectivity index (χ0v) is 8.10. The lowest BCUT2D eigenvalue weighted by Crippen LogP contribution is -2.30. The van der Waals surface area contributed by atoms with E-state index in [9.17, 15) is 0 Å². The summed E-state index contributed by atoms with van der Waals surface area (Å²) >= 11 is 0. The molecule has 68 valence electrons. The van der Waals surface area contributed by atoms with Gasteiger partial charge in [0.25, 0.3) is 0 Å². The quantitative estimate of drug-likeness (QED) is 0.577. The number of hydrogen-bond acceptors (Lipinski definition) is 1. The van der Waals surface area contributed by atoms with Crippen molar-refractivity contribution in [2.24, 2.45) is 0 Å².